The van der Waals surface area contributed by atoms with Gasteiger partial charge < -0.3 is 5.11 Å². The van der Waals surface area contributed by atoms with Crippen molar-refractivity contribution >= 4 is 0 Å². The molecule has 17 heavy (non-hydrogen) atoms. The second kappa shape index (κ2) is 4.42. The predicted octanol–water partition coefficient (Wildman–Crippen LogP) is 4.31. The number of aliphatic hydroxyl groups is 1. The molecule has 1 fully saturated rings. The summed E-state index contributed by atoms with van der Waals surface area (Å²) in [4.78, 5) is 0. The minimum atomic E-state index is -0.456. The van der Waals surface area contributed by atoms with Crippen molar-refractivity contribution in [1.29, 1.82) is 0 Å². The predicted molar refractivity (Wildman–Crippen MR) is 72.8 cm³/mol. The van der Waals surface area contributed by atoms with Crippen molar-refractivity contribution in [3.8, 4) is 0 Å². The normalized spacial score (nSPS) is 46.3. The highest BCUT2D eigenvalue weighted by Gasteiger charge is 2.47. The van der Waals surface area contributed by atoms with Gasteiger partial charge >= 0.3 is 0 Å². The summed E-state index contributed by atoms with van der Waals surface area (Å²) < 4.78 is 0. The van der Waals surface area contributed by atoms with Gasteiger partial charge in [-0.3, -0.25) is 0 Å². The van der Waals surface area contributed by atoms with Gasteiger partial charge in [-0.05, 0) is 56.3 Å². The highest BCUT2D eigenvalue weighted by Crippen LogP contribution is 2.55. The van der Waals surface area contributed by atoms with Crippen molar-refractivity contribution < 1.29 is 5.11 Å². The molecule has 0 spiro atoms. The van der Waals surface area contributed by atoms with Crippen LogP contribution in [0, 0.1) is 17.3 Å². The van der Waals surface area contributed by atoms with E-state index in [0.29, 0.717) is 5.41 Å². The Morgan fingerprint density at radius 3 is 2.71 bits per heavy atom. The van der Waals surface area contributed by atoms with Crippen molar-refractivity contribution in [1.82, 2.24) is 0 Å². The van der Waals surface area contributed by atoms with Crippen molar-refractivity contribution in [3.63, 3.8) is 0 Å². The van der Waals surface area contributed by atoms with Gasteiger partial charge in [0.15, 0.2) is 0 Å². The molecule has 0 aromatic heterocycles. The minimum absolute atomic E-state index is 0.371. The van der Waals surface area contributed by atoms with Crippen LogP contribution in [0.5, 0.6) is 0 Å². The van der Waals surface area contributed by atoms with Crippen LogP contribution in [0.2, 0.25) is 0 Å². The van der Waals surface area contributed by atoms with Crippen LogP contribution >= 0.6 is 0 Å². The van der Waals surface area contributed by atoms with Gasteiger partial charge in [0.25, 0.3) is 0 Å². The van der Waals surface area contributed by atoms with E-state index in [9.17, 15) is 5.11 Å². The summed E-state index contributed by atoms with van der Waals surface area (Å²) in [5.41, 5.74) is 1.46. The lowest BCUT2D eigenvalue weighted by atomic mass is 9.54. The van der Waals surface area contributed by atoms with Crippen molar-refractivity contribution in [3.05, 3.63) is 11.6 Å². The largest absolute Gasteiger partial charge is 0.390 e. The molecule has 2 aliphatic carbocycles. The van der Waals surface area contributed by atoms with Gasteiger partial charge in [0.1, 0.15) is 0 Å². The Balaban J connectivity index is 2.27. The molecule has 0 amide bonds. The minimum Gasteiger partial charge on any atom is -0.390 e. The van der Waals surface area contributed by atoms with Crippen LogP contribution in [0.3, 0.4) is 0 Å². The maximum absolute atomic E-state index is 10.3. The van der Waals surface area contributed by atoms with Crippen molar-refractivity contribution in [2.24, 2.45) is 17.3 Å². The summed E-state index contributed by atoms with van der Waals surface area (Å²) in [5, 5.41) is 10.3. The molecule has 1 heteroatoms. The molecule has 0 aromatic rings. The molecule has 0 heterocycles. The molecule has 2 aliphatic rings. The first kappa shape index (κ1) is 13.1. The lowest BCUT2D eigenvalue weighted by Gasteiger charge is -2.52. The van der Waals surface area contributed by atoms with Gasteiger partial charge in [0, 0.05) is 0 Å². The average Bonchev–Trinajstić information content (AvgIpc) is 2.25. The Labute approximate surface area is 106 Å². The molecule has 1 saturated carbocycles. The van der Waals surface area contributed by atoms with Crippen LogP contribution in [-0.4, -0.2) is 10.7 Å². The van der Waals surface area contributed by atoms with Gasteiger partial charge in [-0.15, -0.1) is 0 Å². The van der Waals surface area contributed by atoms with Crippen LogP contribution in [0.1, 0.15) is 66.2 Å². The number of hydrogen-bond acceptors (Lipinski definition) is 1. The van der Waals surface area contributed by atoms with E-state index in [4.69, 9.17) is 0 Å². The maximum Gasteiger partial charge on any atom is 0.0657 e. The Morgan fingerprint density at radius 2 is 2.06 bits per heavy atom. The fourth-order valence-electron chi connectivity index (χ4n) is 4.15. The lowest BCUT2D eigenvalue weighted by molar-refractivity contribution is -0.0127. The van der Waals surface area contributed by atoms with Crippen LogP contribution in [0.4, 0.5) is 0 Å². The SMILES string of the molecule is CCCC1C(C)CC=C2CC(C)(O)CCC21C. The first-order valence-corrected chi connectivity index (χ1v) is 7.31. The van der Waals surface area contributed by atoms with Gasteiger partial charge in [-0.1, -0.05) is 38.8 Å². The smallest absolute Gasteiger partial charge is 0.0657 e. The molecule has 98 valence electrons. The average molecular weight is 236 g/mol. The summed E-state index contributed by atoms with van der Waals surface area (Å²) >= 11 is 0. The summed E-state index contributed by atoms with van der Waals surface area (Å²) in [6.07, 6.45) is 9.31. The first-order chi connectivity index (χ1) is 7.89. The summed E-state index contributed by atoms with van der Waals surface area (Å²) in [5.74, 6) is 1.63. The second-order valence-electron chi connectivity index (χ2n) is 6.93. The van der Waals surface area contributed by atoms with Gasteiger partial charge in [0.05, 0.1) is 5.60 Å². The van der Waals surface area contributed by atoms with E-state index in [0.717, 1.165) is 24.7 Å². The molecule has 1 N–H and O–H groups in total. The van der Waals surface area contributed by atoms with Crippen molar-refractivity contribution in [2.45, 2.75) is 71.8 Å². The first-order valence-electron chi connectivity index (χ1n) is 7.31. The van der Waals surface area contributed by atoms with Gasteiger partial charge in [-0.25, -0.2) is 0 Å². The molecular formula is C16H28O. The third-order valence-corrected chi connectivity index (χ3v) is 5.33. The molecular weight excluding hydrogens is 208 g/mol. The summed E-state index contributed by atoms with van der Waals surface area (Å²) in [6.45, 7) is 9.16. The van der Waals surface area contributed by atoms with E-state index in [1.54, 1.807) is 5.57 Å². The van der Waals surface area contributed by atoms with E-state index in [1.807, 2.05) is 6.92 Å². The lowest BCUT2D eigenvalue weighted by Crippen LogP contribution is -2.45. The molecule has 0 saturated heterocycles. The number of hydrogen-bond donors (Lipinski definition) is 1. The highest BCUT2D eigenvalue weighted by atomic mass is 16.3. The third-order valence-electron chi connectivity index (χ3n) is 5.33. The molecule has 2 rings (SSSR count). The zero-order valence-corrected chi connectivity index (χ0v) is 11.9. The Morgan fingerprint density at radius 1 is 1.35 bits per heavy atom. The van der Waals surface area contributed by atoms with Gasteiger partial charge in [0.2, 0.25) is 0 Å². The van der Waals surface area contributed by atoms with E-state index in [1.165, 1.54) is 25.7 Å². The molecule has 0 bridgehead atoms. The Bertz CT molecular complexity index is 315. The number of fused-ring (bicyclic) bond motifs is 1. The number of rotatable bonds is 2. The van der Waals surface area contributed by atoms with Crippen LogP contribution in [0.15, 0.2) is 11.6 Å². The Kier molecular flexibility index (Phi) is 3.42. The van der Waals surface area contributed by atoms with E-state index in [2.05, 4.69) is 26.8 Å². The second-order valence-corrected chi connectivity index (χ2v) is 6.93. The standard InChI is InChI=1S/C16H28O/c1-5-6-14-12(2)7-8-13-11-15(3,17)9-10-16(13,14)4/h8,12,14,17H,5-7,9-11H2,1-4H3. The summed E-state index contributed by atoms with van der Waals surface area (Å²) in [6, 6.07) is 0. The fourth-order valence-corrected chi connectivity index (χ4v) is 4.15. The molecule has 4 atom stereocenters. The van der Waals surface area contributed by atoms with Crippen molar-refractivity contribution in [2.75, 3.05) is 0 Å². The summed E-state index contributed by atoms with van der Waals surface area (Å²) in [7, 11) is 0. The van der Waals surface area contributed by atoms with E-state index < -0.39 is 5.60 Å². The highest BCUT2D eigenvalue weighted by molar-refractivity contribution is 5.24. The number of allylic oxidation sites excluding steroid dienone is 1. The molecule has 0 aromatic carbocycles. The Hall–Kier alpha value is -0.300. The zero-order valence-electron chi connectivity index (χ0n) is 11.9. The molecule has 0 aliphatic heterocycles. The van der Waals surface area contributed by atoms with E-state index in [-0.39, 0.29) is 0 Å². The molecule has 0 radical (unpaired) electrons. The van der Waals surface area contributed by atoms with Crippen LogP contribution < -0.4 is 0 Å². The van der Waals surface area contributed by atoms with Gasteiger partial charge in [-0.2, -0.15) is 0 Å². The molecule has 4 unspecified atom stereocenters. The zero-order chi connectivity index (χ0) is 12.7. The topological polar surface area (TPSA) is 20.2 Å². The monoisotopic (exact) mass is 236 g/mol. The third kappa shape index (κ3) is 2.31. The molecule has 1 nitrogen and oxygen atoms in total. The van der Waals surface area contributed by atoms with E-state index >= 15 is 0 Å². The van der Waals surface area contributed by atoms with Crippen LogP contribution in [-0.2, 0) is 0 Å². The maximum atomic E-state index is 10.3. The fraction of sp³-hybridized carbons (Fsp3) is 0.875. The van der Waals surface area contributed by atoms with Crippen LogP contribution in [0.25, 0.3) is 0 Å². The quantitative estimate of drug-likeness (QED) is 0.708.